The predicted molar refractivity (Wildman–Crippen MR) is 119 cm³/mol. The highest BCUT2D eigenvalue weighted by Crippen LogP contribution is 2.33. The van der Waals surface area contributed by atoms with Gasteiger partial charge in [0.05, 0.1) is 0 Å². The van der Waals surface area contributed by atoms with Crippen molar-refractivity contribution < 1.29 is 0 Å². The molecule has 1 aromatic heterocycles. The Kier molecular flexibility index (Phi) is 8.06. The van der Waals surface area contributed by atoms with Crippen molar-refractivity contribution in [2.24, 2.45) is 11.8 Å². The van der Waals surface area contributed by atoms with E-state index in [1.54, 1.807) is 0 Å². The Bertz CT molecular complexity index is 712. The minimum absolute atomic E-state index is 0.882. The molecule has 1 heterocycles. The fraction of sp³-hybridized carbons (Fsp3) is 0.615. The summed E-state index contributed by atoms with van der Waals surface area (Å²) in [5.74, 6) is 2.90. The van der Waals surface area contributed by atoms with Crippen LogP contribution in [0.5, 0.6) is 0 Å². The van der Waals surface area contributed by atoms with E-state index in [0.29, 0.717) is 0 Å². The van der Waals surface area contributed by atoms with Crippen molar-refractivity contribution in [2.75, 3.05) is 0 Å². The van der Waals surface area contributed by atoms with Crippen LogP contribution in [0.2, 0.25) is 0 Å². The Labute approximate surface area is 172 Å². The van der Waals surface area contributed by atoms with Crippen molar-refractivity contribution in [3.05, 3.63) is 47.5 Å². The fourth-order valence-electron chi connectivity index (χ4n) is 4.70. The summed E-state index contributed by atoms with van der Waals surface area (Å²) in [6, 6.07) is 8.97. The monoisotopic (exact) mass is 378 g/mol. The summed E-state index contributed by atoms with van der Waals surface area (Å²) in [6.45, 7) is 6.69. The zero-order chi connectivity index (χ0) is 19.8. The summed E-state index contributed by atoms with van der Waals surface area (Å²) in [6.07, 6.45) is 16.5. The molecule has 0 aliphatic heterocycles. The van der Waals surface area contributed by atoms with E-state index >= 15 is 0 Å². The van der Waals surface area contributed by atoms with Crippen molar-refractivity contribution in [2.45, 2.75) is 91.4 Å². The van der Waals surface area contributed by atoms with Gasteiger partial charge in [0, 0.05) is 23.9 Å². The molecule has 1 saturated carbocycles. The molecule has 2 heteroatoms. The standard InChI is InChI=1S/C26H38N2/c1-4-6-8-22-13-16-24(17-14-22)25-19-27-26(28-20(25)3)18-15-23-11-9-21(7-5-2)10-12-23/h13-14,16-17,19,21,23H,4-12,15,18H2,1-3H3/t21-,23-. The van der Waals surface area contributed by atoms with Crippen LogP contribution in [0.4, 0.5) is 0 Å². The Morgan fingerprint density at radius 2 is 1.54 bits per heavy atom. The number of benzene rings is 1. The van der Waals surface area contributed by atoms with Crippen LogP contribution < -0.4 is 0 Å². The van der Waals surface area contributed by atoms with Crippen LogP contribution in [0, 0.1) is 18.8 Å². The molecule has 0 amide bonds. The SMILES string of the molecule is CCCCc1ccc(-c2cnc(CC[C@H]3CC[C@H](CCC)CC3)nc2C)cc1. The van der Waals surface area contributed by atoms with Gasteiger partial charge in [0.25, 0.3) is 0 Å². The Balaban J connectivity index is 1.54. The summed E-state index contributed by atoms with van der Waals surface area (Å²) in [5, 5.41) is 0. The lowest BCUT2D eigenvalue weighted by Crippen LogP contribution is -2.15. The van der Waals surface area contributed by atoms with Crippen LogP contribution in [0.25, 0.3) is 11.1 Å². The molecule has 28 heavy (non-hydrogen) atoms. The minimum Gasteiger partial charge on any atom is -0.241 e. The van der Waals surface area contributed by atoms with E-state index in [2.05, 4.69) is 45.0 Å². The summed E-state index contributed by atoms with van der Waals surface area (Å²) in [7, 11) is 0. The largest absolute Gasteiger partial charge is 0.241 e. The van der Waals surface area contributed by atoms with E-state index in [9.17, 15) is 0 Å². The summed E-state index contributed by atoms with van der Waals surface area (Å²) >= 11 is 0. The van der Waals surface area contributed by atoms with Crippen LogP contribution in [-0.4, -0.2) is 9.97 Å². The minimum atomic E-state index is 0.882. The molecule has 1 aliphatic carbocycles. The van der Waals surface area contributed by atoms with Gasteiger partial charge >= 0.3 is 0 Å². The van der Waals surface area contributed by atoms with Crippen LogP contribution in [0.15, 0.2) is 30.5 Å². The van der Waals surface area contributed by atoms with Gasteiger partial charge in [0.1, 0.15) is 5.82 Å². The Morgan fingerprint density at radius 3 is 2.14 bits per heavy atom. The molecule has 0 radical (unpaired) electrons. The molecule has 0 saturated heterocycles. The first kappa shape index (κ1) is 21.0. The van der Waals surface area contributed by atoms with Crippen LogP contribution >= 0.6 is 0 Å². The Morgan fingerprint density at radius 1 is 0.857 bits per heavy atom. The lowest BCUT2D eigenvalue weighted by molar-refractivity contribution is 0.251. The van der Waals surface area contributed by atoms with Gasteiger partial charge in [0.2, 0.25) is 0 Å². The third-order valence-corrected chi connectivity index (χ3v) is 6.55. The van der Waals surface area contributed by atoms with Crippen molar-refractivity contribution in [1.29, 1.82) is 0 Å². The van der Waals surface area contributed by atoms with Gasteiger partial charge in [-0.1, -0.05) is 83.1 Å². The second kappa shape index (κ2) is 10.7. The number of hydrogen-bond donors (Lipinski definition) is 0. The van der Waals surface area contributed by atoms with Gasteiger partial charge < -0.3 is 0 Å². The second-order valence-corrected chi connectivity index (χ2v) is 8.80. The second-order valence-electron chi connectivity index (χ2n) is 8.80. The molecule has 1 fully saturated rings. The average Bonchev–Trinajstić information content (AvgIpc) is 2.72. The van der Waals surface area contributed by atoms with Gasteiger partial charge in [-0.15, -0.1) is 0 Å². The molecule has 2 aromatic rings. The number of hydrogen-bond acceptors (Lipinski definition) is 2. The normalized spacial score (nSPS) is 19.7. The van der Waals surface area contributed by atoms with Gasteiger partial charge in [-0.3, -0.25) is 0 Å². The van der Waals surface area contributed by atoms with E-state index in [-0.39, 0.29) is 0 Å². The zero-order valence-electron chi connectivity index (χ0n) is 18.2. The van der Waals surface area contributed by atoms with E-state index in [0.717, 1.165) is 29.8 Å². The summed E-state index contributed by atoms with van der Waals surface area (Å²) < 4.78 is 0. The highest BCUT2D eigenvalue weighted by atomic mass is 14.9. The molecule has 152 valence electrons. The van der Waals surface area contributed by atoms with Crippen molar-refractivity contribution in [3.63, 3.8) is 0 Å². The number of aromatic nitrogens is 2. The van der Waals surface area contributed by atoms with Crippen molar-refractivity contribution in [3.8, 4) is 11.1 Å². The quantitative estimate of drug-likeness (QED) is 0.456. The maximum absolute atomic E-state index is 4.84. The number of nitrogens with zero attached hydrogens (tertiary/aromatic N) is 2. The summed E-state index contributed by atoms with van der Waals surface area (Å²) in [4.78, 5) is 9.54. The van der Waals surface area contributed by atoms with E-state index in [4.69, 9.17) is 9.97 Å². The molecule has 0 atom stereocenters. The molecule has 2 nitrogen and oxygen atoms in total. The number of rotatable bonds is 9. The smallest absolute Gasteiger partial charge is 0.128 e. The predicted octanol–water partition coefficient (Wildman–Crippen LogP) is 7.33. The third kappa shape index (κ3) is 5.90. The first-order valence-electron chi connectivity index (χ1n) is 11.6. The lowest BCUT2D eigenvalue weighted by Gasteiger charge is -2.28. The maximum atomic E-state index is 4.84. The molecule has 1 aromatic carbocycles. The topological polar surface area (TPSA) is 25.8 Å². The molecular weight excluding hydrogens is 340 g/mol. The number of aryl methyl sites for hydroxylation is 3. The Hall–Kier alpha value is -1.70. The molecule has 0 N–H and O–H groups in total. The molecule has 0 bridgehead atoms. The van der Waals surface area contributed by atoms with Gasteiger partial charge in [0.15, 0.2) is 0 Å². The zero-order valence-corrected chi connectivity index (χ0v) is 18.2. The summed E-state index contributed by atoms with van der Waals surface area (Å²) in [5.41, 5.74) is 4.94. The third-order valence-electron chi connectivity index (χ3n) is 6.55. The average molecular weight is 379 g/mol. The van der Waals surface area contributed by atoms with Gasteiger partial charge in [-0.05, 0) is 49.1 Å². The highest BCUT2D eigenvalue weighted by Gasteiger charge is 2.20. The van der Waals surface area contributed by atoms with E-state index in [1.807, 2.05) is 6.20 Å². The van der Waals surface area contributed by atoms with Gasteiger partial charge in [-0.2, -0.15) is 0 Å². The lowest BCUT2D eigenvalue weighted by atomic mass is 9.78. The fourth-order valence-corrected chi connectivity index (χ4v) is 4.70. The molecular formula is C26H38N2. The van der Waals surface area contributed by atoms with E-state index in [1.165, 1.54) is 80.9 Å². The first-order chi connectivity index (χ1) is 13.7. The van der Waals surface area contributed by atoms with Crippen LogP contribution in [0.3, 0.4) is 0 Å². The molecule has 1 aliphatic rings. The first-order valence-corrected chi connectivity index (χ1v) is 11.6. The van der Waals surface area contributed by atoms with Crippen molar-refractivity contribution >= 4 is 0 Å². The van der Waals surface area contributed by atoms with Crippen molar-refractivity contribution in [1.82, 2.24) is 9.97 Å². The van der Waals surface area contributed by atoms with E-state index < -0.39 is 0 Å². The highest BCUT2D eigenvalue weighted by molar-refractivity contribution is 5.65. The maximum Gasteiger partial charge on any atom is 0.128 e. The molecule has 0 unspecified atom stereocenters. The van der Waals surface area contributed by atoms with Crippen LogP contribution in [-0.2, 0) is 12.8 Å². The van der Waals surface area contributed by atoms with Gasteiger partial charge in [-0.25, -0.2) is 9.97 Å². The van der Waals surface area contributed by atoms with Crippen LogP contribution in [0.1, 0.15) is 88.7 Å². The number of unbranched alkanes of at least 4 members (excludes halogenated alkanes) is 1. The molecule has 3 rings (SSSR count). The molecule has 0 spiro atoms.